The van der Waals surface area contributed by atoms with Crippen LogP contribution < -0.4 is 25.4 Å². The summed E-state index contributed by atoms with van der Waals surface area (Å²) in [6.45, 7) is 10.8. The first-order valence-corrected chi connectivity index (χ1v) is 9.16. The summed E-state index contributed by atoms with van der Waals surface area (Å²) in [5.41, 5.74) is -0.0774. The second kappa shape index (κ2) is 9.96. The zero-order chi connectivity index (χ0) is 21.5. The van der Waals surface area contributed by atoms with Gasteiger partial charge in [0.15, 0.2) is 18.1 Å². The summed E-state index contributed by atoms with van der Waals surface area (Å²) in [5.74, 6) is -0.284. The smallest absolute Gasteiger partial charge is 0.258 e. The molecule has 0 radical (unpaired) electrons. The third-order valence-corrected chi connectivity index (χ3v) is 3.47. The van der Waals surface area contributed by atoms with E-state index in [-0.39, 0.29) is 30.0 Å². The number of hydrogen-bond acceptors (Lipinski definition) is 5. The van der Waals surface area contributed by atoms with Crippen molar-refractivity contribution >= 4 is 17.7 Å². The fraction of sp³-hybridized carbons (Fsp3) is 0.550. The van der Waals surface area contributed by atoms with Gasteiger partial charge >= 0.3 is 0 Å². The van der Waals surface area contributed by atoms with Crippen LogP contribution in [0, 0.1) is 0 Å². The van der Waals surface area contributed by atoms with Crippen LogP contribution in [0.15, 0.2) is 18.2 Å². The Bertz CT molecular complexity index is 710. The maximum Gasteiger partial charge on any atom is 0.258 e. The molecule has 3 N–H and O–H groups in total. The summed E-state index contributed by atoms with van der Waals surface area (Å²) in [6.07, 6.45) is 0. The second-order valence-corrected chi connectivity index (χ2v) is 7.81. The van der Waals surface area contributed by atoms with E-state index in [4.69, 9.17) is 9.47 Å². The number of carbonyl (C=O) groups is 3. The second-order valence-electron chi connectivity index (χ2n) is 7.81. The Balaban J connectivity index is 2.77. The lowest BCUT2D eigenvalue weighted by Crippen LogP contribution is -2.50. The molecule has 0 heterocycles. The molecule has 0 aliphatic rings. The van der Waals surface area contributed by atoms with Gasteiger partial charge in [0, 0.05) is 17.1 Å². The maximum absolute atomic E-state index is 12.4. The molecule has 0 aromatic heterocycles. The molecule has 156 valence electrons. The predicted molar refractivity (Wildman–Crippen MR) is 107 cm³/mol. The van der Waals surface area contributed by atoms with Crippen molar-refractivity contribution in [2.75, 3.05) is 13.7 Å². The van der Waals surface area contributed by atoms with Gasteiger partial charge in [-0.15, -0.1) is 0 Å². The van der Waals surface area contributed by atoms with E-state index in [1.54, 1.807) is 19.1 Å². The van der Waals surface area contributed by atoms with Gasteiger partial charge in [-0.3, -0.25) is 14.4 Å². The average molecular weight is 393 g/mol. The molecule has 3 amide bonds. The molecule has 1 aromatic carbocycles. The molecule has 0 saturated carbocycles. The van der Waals surface area contributed by atoms with Gasteiger partial charge in [0.2, 0.25) is 5.91 Å². The van der Waals surface area contributed by atoms with Crippen LogP contribution >= 0.6 is 0 Å². The zero-order valence-electron chi connectivity index (χ0n) is 17.6. The number of ether oxygens (including phenoxy) is 2. The first-order valence-electron chi connectivity index (χ1n) is 9.16. The number of benzene rings is 1. The lowest BCUT2D eigenvalue weighted by atomic mass is 10.1. The highest BCUT2D eigenvalue weighted by molar-refractivity contribution is 5.98. The Morgan fingerprint density at radius 1 is 1.04 bits per heavy atom. The molecule has 0 spiro atoms. The maximum atomic E-state index is 12.4. The molecular weight excluding hydrogens is 362 g/mol. The Kier molecular flexibility index (Phi) is 8.28. The van der Waals surface area contributed by atoms with Crippen LogP contribution in [-0.4, -0.2) is 49.1 Å². The predicted octanol–water partition coefficient (Wildman–Crippen LogP) is 1.63. The summed E-state index contributed by atoms with van der Waals surface area (Å²) in [4.78, 5) is 36.3. The summed E-state index contributed by atoms with van der Waals surface area (Å²) in [6, 6.07) is 3.91. The molecule has 1 rings (SSSR count). The Labute approximate surface area is 166 Å². The van der Waals surface area contributed by atoms with E-state index in [0.29, 0.717) is 17.1 Å². The van der Waals surface area contributed by atoms with Crippen LogP contribution in [0.25, 0.3) is 0 Å². The summed E-state index contributed by atoms with van der Waals surface area (Å²) >= 11 is 0. The van der Waals surface area contributed by atoms with Crippen LogP contribution in [0.3, 0.4) is 0 Å². The zero-order valence-corrected chi connectivity index (χ0v) is 17.6. The van der Waals surface area contributed by atoms with Gasteiger partial charge in [-0.05, 0) is 59.7 Å². The highest BCUT2D eigenvalue weighted by atomic mass is 16.5. The Morgan fingerprint density at radius 3 is 2.21 bits per heavy atom. The van der Waals surface area contributed by atoms with E-state index in [2.05, 4.69) is 16.0 Å². The molecule has 0 aliphatic heterocycles. The molecule has 1 atom stereocenters. The number of amides is 3. The fourth-order valence-electron chi connectivity index (χ4n) is 2.26. The first-order chi connectivity index (χ1) is 12.9. The lowest BCUT2D eigenvalue weighted by molar-refractivity contribution is -0.124. The van der Waals surface area contributed by atoms with Crippen molar-refractivity contribution in [3.63, 3.8) is 0 Å². The molecule has 0 saturated heterocycles. The number of carbonyl (C=O) groups excluding carboxylic acids is 3. The van der Waals surface area contributed by atoms with Crippen molar-refractivity contribution in [1.29, 1.82) is 0 Å². The Morgan fingerprint density at radius 2 is 1.68 bits per heavy atom. The molecule has 8 nitrogen and oxygen atoms in total. The minimum absolute atomic E-state index is 0.0153. The fourth-order valence-corrected chi connectivity index (χ4v) is 2.26. The van der Waals surface area contributed by atoms with Gasteiger partial charge in [-0.2, -0.15) is 0 Å². The van der Waals surface area contributed by atoms with Crippen molar-refractivity contribution in [3.05, 3.63) is 23.8 Å². The van der Waals surface area contributed by atoms with Crippen molar-refractivity contribution in [2.24, 2.45) is 0 Å². The van der Waals surface area contributed by atoms with Crippen LogP contribution in [0.2, 0.25) is 0 Å². The highest BCUT2D eigenvalue weighted by Gasteiger charge is 2.21. The van der Waals surface area contributed by atoms with E-state index < -0.39 is 11.9 Å². The SMILES string of the molecule is COc1cc(C(=O)NC(C)C(=O)NC(C)(C)C)ccc1OCC(=O)NC(C)C. The standard InChI is InChI=1S/C20H31N3O5/c1-12(2)21-17(24)11-28-15-9-8-14(10-16(15)27-7)19(26)22-13(3)18(25)23-20(4,5)6/h8-10,12-13H,11H2,1-7H3,(H,21,24)(H,22,26)(H,23,25). The van der Waals surface area contributed by atoms with Crippen molar-refractivity contribution in [1.82, 2.24) is 16.0 Å². The molecule has 1 aromatic rings. The van der Waals surface area contributed by atoms with Crippen LogP contribution in [0.4, 0.5) is 0 Å². The molecular formula is C20H31N3O5. The normalized spacial score (nSPS) is 12.1. The number of nitrogens with one attached hydrogen (secondary N) is 3. The van der Waals surface area contributed by atoms with Crippen molar-refractivity contribution < 1.29 is 23.9 Å². The van der Waals surface area contributed by atoms with Crippen molar-refractivity contribution in [2.45, 2.75) is 59.2 Å². The Hall–Kier alpha value is -2.77. The van der Waals surface area contributed by atoms with E-state index >= 15 is 0 Å². The summed E-state index contributed by atoms with van der Waals surface area (Å²) in [5, 5.41) is 8.18. The largest absolute Gasteiger partial charge is 0.493 e. The van der Waals surface area contributed by atoms with E-state index in [1.165, 1.54) is 13.2 Å². The number of methoxy groups -OCH3 is 1. The molecule has 0 aliphatic carbocycles. The minimum atomic E-state index is -0.701. The number of hydrogen-bond donors (Lipinski definition) is 3. The van der Waals surface area contributed by atoms with E-state index in [0.717, 1.165) is 0 Å². The van der Waals surface area contributed by atoms with Gasteiger partial charge in [0.25, 0.3) is 11.8 Å². The minimum Gasteiger partial charge on any atom is -0.493 e. The van der Waals surface area contributed by atoms with Gasteiger partial charge < -0.3 is 25.4 Å². The third-order valence-electron chi connectivity index (χ3n) is 3.47. The quantitative estimate of drug-likeness (QED) is 0.623. The molecule has 28 heavy (non-hydrogen) atoms. The first kappa shape index (κ1) is 23.3. The van der Waals surface area contributed by atoms with Crippen molar-refractivity contribution in [3.8, 4) is 11.5 Å². The van der Waals surface area contributed by atoms with Gasteiger partial charge in [-0.25, -0.2) is 0 Å². The van der Waals surface area contributed by atoms with Crippen LogP contribution in [-0.2, 0) is 9.59 Å². The molecule has 0 bridgehead atoms. The highest BCUT2D eigenvalue weighted by Crippen LogP contribution is 2.28. The van der Waals surface area contributed by atoms with Gasteiger partial charge in [-0.1, -0.05) is 0 Å². The topological polar surface area (TPSA) is 106 Å². The monoisotopic (exact) mass is 393 g/mol. The summed E-state index contributed by atoms with van der Waals surface area (Å²) < 4.78 is 10.7. The van der Waals surface area contributed by atoms with E-state index in [1.807, 2.05) is 34.6 Å². The van der Waals surface area contributed by atoms with Crippen LogP contribution in [0.5, 0.6) is 11.5 Å². The van der Waals surface area contributed by atoms with Crippen LogP contribution in [0.1, 0.15) is 51.9 Å². The molecule has 0 fully saturated rings. The third kappa shape index (κ3) is 7.85. The number of rotatable bonds is 8. The molecule has 1 unspecified atom stereocenters. The van der Waals surface area contributed by atoms with Gasteiger partial charge in [0.05, 0.1) is 7.11 Å². The van der Waals surface area contributed by atoms with E-state index in [9.17, 15) is 14.4 Å². The lowest BCUT2D eigenvalue weighted by Gasteiger charge is -2.23. The molecule has 8 heteroatoms. The summed E-state index contributed by atoms with van der Waals surface area (Å²) in [7, 11) is 1.44. The van der Waals surface area contributed by atoms with Gasteiger partial charge in [0.1, 0.15) is 6.04 Å². The average Bonchev–Trinajstić information content (AvgIpc) is 2.57.